The summed E-state index contributed by atoms with van der Waals surface area (Å²) in [5.41, 5.74) is 16.3. The van der Waals surface area contributed by atoms with Crippen LogP contribution in [0.25, 0.3) is 0 Å². The Kier molecular flexibility index (Phi) is 19.7. The second kappa shape index (κ2) is 22.8. The number of hydrogen-bond acceptors (Lipinski definition) is 10. The minimum atomic E-state index is -1.13. The summed E-state index contributed by atoms with van der Waals surface area (Å²) in [6.45, 7) is 5.81. The number of guanidine groups is 1. The lowest BCUT2D eigenvalue weighted by Crippen LogP contribution is -2.54. The van der Waals surface area contributed by atoms with Crippen LogP contribution in [0.3, 0.4) is 0 Å². The van der Waals surface area contributed by atoms with E-state index in [4.69, 9.17) is 17.2 Å². The molecule has 1 rings (SSSR count). The van der Waals surface area contributed by atoms with Crippen molar-refractivity contribution in [2.24, 2.45) is 28.1 Å². The Morgan fingerprint density at radius 2 is 1.28 bits per heavy atom. The molecule has 0 aromatic heterocycles. The van der Waals surface area contributed by atoms with Crippen LogP contribution in [0, 0.1) is 5.92 Å². The molecule has 7 amide bonds. The Balaban J connectivity index is 2.80. The van der Waals surface area contributed by atoms with Gasteiger partial charge in [-0.05, 0) is 64.3 Å². The molecule has 1 heterocycles. The largest absolute Gasteiger partial charge is 0.370 e. The first-order valence-electron chi connectivity index (χ1n) is 16.8. The molecule has 0 saturated carbocycles. The average Bonchev–Trinajstić information content (AvgIpc) is 3.55. The summed E-state index contributed by atoms with van der Waals surface area (Å²) in [4.78, 5) is 105. The van der Waals surface area contributed by atoms with E-state index in [0.29, 0.717) is 38.8 Å². The molecule has 1 aliphatic rings. The molecule has 0 aliphatic carbocycles. The molecule has 1 saturated heterocycles. The van der Waals surface area contributed by atoms with Crippen LogP contribution in [0.2, 0.25) is 0 Å². The number of carbonyl (C=O) groups excluding carboxylic acids is 8. The van der Waals surface area contributed by atoms with Crippen molar-refractivity contribution in [1.29, 1.82) is 0 Å². The van der Waals surface area contributed by atoms with Gasteiger partial charge in [0.15, 0.2) is 11.7 Å². The lowest BCUT2D eigenvalue weighted by Gasteiger charge is -2.23. The zero-order valence-electron chi connectivity index (χ0n) is 29.5. The number of likely N-dealkylation sites (tertiary alicyclic amines) is 1. The molecule has 1 fully saturated rings. The van der Waals surface area contributed by atoms with Crippen molar-refractivity contribution in [3.8, 4) is 0 Å². The van der Waals surface area contributed by atoms with E-state index in [9.17, 15) is 38.4 Å². The monoisotopic (exact) mass is 709 g/mol. The van der Waals surface area contributed by atoms with Crippen molar-refractivity contribution in [3.05, 3.63) is 0 Å². The lowest BCUT2D eigenvalue weighted by molar-refractivity contribution is -0.137. The van der Waals surface area contributed by atoms with Gasteiger partial charge >= 0.3 is 0 Å². The van der Waals surface area contributed by atoms with Crippen LogP contribution in [0.5, 0.6) is 0 Å². The number of rotatable bonds is 22. The highest BCUT2D eigenvalue weighted by molar-refractivity contribution is 5.95. The van der Waals surface area contributed by atoms with Gasteiger partial charge in [0.05, 0.1) is 25.7 Å². The summed E-state index contributed by atoms with van der Waals surface area (Å²) in [5, 5.41) is 15.1. The molecule has 0 spiro atoms. The molecule has 12 N–H and O–H groups in total. The minimum absolute atomic E-state index is 0.0838. The maximum atomic E-state index is 13.0. The fraction of sp³-hybridized carbons (Fsp3) is 0.710. The van der Waals surface area contributed by atoms with Gasteiger partial charge in [0.2, 0.25) is 41.4 Å². The van der Waals surface area contributed by atoms with Crippen LogP contribution >= 0.6 is 0 Å². The molecule has 0 aromatic rings. The molecule has 50 heavy (non-hydrogen) atoms. The number of nitrogens with zero attached hydrogens (tertiary/aromatic N) is 2. The number of nitrogens with two attached hydrogens (primary N) is 3. The summed E-state index contributed by atoms with van der Waals surface area (Å²) in [6, 6.07) is -3.57. The highest BCUT2D eigenvalue weighted by atomic mass is 16.2. The van der Waals surface area contributed by atoms with Crippen molar-refractivity contribution in [1.82, 2.24) is 36.8 Å². The number of aliphatic imine (C=N–C) groups is 1. The van der Waals surface area contributed by atoms with Crippen LogP contribution in [-0.2, 0) is 38.4 Å². The molecule has 0 bridgehead atoms. The van der Waals surface area contributed by atoms with Crippen molar-refractivity contribution in [2.75, 3.05) is 39.3 Å². The van der Waals surface area contributed by atoms with Gasteiger partial charge in [-0.15, -0.1) is 0 Å². The van der Waals surface area contributed by atoms with E-state index < -0.39 is 79.2 Å². The number of unbranched alkanes of at least 4 members (excludes halogenated alkanes) is 1. The van der Waals surface area contributed by atoms with Crippen molar-refractivity contribution < 1.29 is 38.4 Å². The van der Waals surface area contributed by atoms with Gasteiger partial charge in [0.25, 0.3) is 0 Å². The summed E-state index contributed by atoms with van der Waals surface area (Å²) in [6.07, 6.45) is 2.77. The summed E-state index contributed by atoms with van der Waals surface area (Å²) >= 11 is 0. The van der Waals surface area contributed by atoms with E-state index in [2.05, 4.69) is 36.9 Å². The van der Waals surface area contributed by atoms with Crippen molar-refractivity contribution >= 4 is 53.1 Å². The molecule has 19 nitrogen and oxygen atoms in total. The summed E-state index contributed by atoms with van der Waals surface area (Å²) < 4.78 is 0. The maximum absolute atomic E-state index is 13.0. The third kappa shape index (κ3) is 16.5. The van der Waals surface area contributed by atoms with E-state index in [0.717, 1.165) is 0 Å². The Morgan fingerprint density at radius 1 is 0.760 bits per heavy atom. The first kappa shape index (κ1) is 43.2. The first-order valence-corrected chi connectivity index (χ1v) is 16.8. The van der Waals surface area contributed by atoms with Gasteiger partial charge in [0.1, 0.15) is 18.1 Å². The molecular formula is C31H55N11O8. The van der Waals surface area contributed by atoms with E-state index in [1.807, 2.05) is 0 Å². The van der Waals surface area contributed by atoms with Crippen LogP contribution in [0.1, 0.15) is 72.6 Å². The quantitative estimate of drug-likeness (QED) is 0.0299. The number of hydrogen-bond donors (Lipinski definition) is 9. The lowest BCUT2D eigenvalue weighted by atomic mass is 10.0. The number of amides is 7. The summed E-state index contributed by atoms with van der Waals surface area (Å²) in [5.74, 6) is -4.59. The number of ketones is 1. The van der Waals surface area contributed by atoms with Crippen LogP contribution < -0.4 is 49.1 Å². The van der Waals surface area contributed by atoms with E-state index >= 15 is 0 Å². The summed E-state index contributed by atoms with van der Waals surface area (Å²) in [7, 11) is 0. The van der Waals surface area contributed by atoms with E-state index in [-0.39, 0.29) is 49.4 Å². The highest BCUT2D eigenvalue weighted by Crippen LogP contribution is 2.17. The fourth-order valence-electron chi connectivity index (χ4n) is 5.27. The van der Waals surface area contributed by atoms with Crippen molar-refractivity contribution in [3.63, 3.8) is 0 Å². The second-order valence-electron chi connectivity index (χ2n) is 12.4. The smallest absolute Gasteiger partial charge is 0.243 e. The van der Waals surface area contributed by atoms with Gasteiger partial charge in [-0.2, -0.15) is 0 Å². The predicted molar refractivity (Wildman–Crippen MR) is 184 cm³/mol. The van der Waals surface area contributed by atoms with Crippen LogP contribution in [0.15, 0.2) is 4.99 Å². The molecule has 282 valence electrons. The van der Waals surface area contributed by atoms with E-state index in [1.54, 1.807) is 13.8 Å². The molecule has 4 unspecified atom stereocenters. The average molecular weight is 710 g/mol. The maximum Gasteiger partial charge on any atom is 0.243 e. The van der Waals surface area contributed by atoms with Crippen LogP contribution in [-0.4, -0.2) is 121 Å². The highest BCUT2D eigenvalue weighted by Gasteiger charge is 2.32. The molecule has 4 atom stereocenters. The van der Waals surface area contributed by atoms with Crippen molar-refractivity contribution in [2.45, 2.75) is 96.8 Å². The Bertz CT molecular complexity index is 1240. The molecule has 19 heteroatoms. The third-order valence-electron chi connectivity index (χ3n) is 7.85. The van der Waals surface area contributed by atoms with E-state index in [1.165, 1.54) is 18.7 Å². The Labute approximate surface area is 292 Å². The molecule has 1 aliphatic heterocycles. The third-order valence-corrected chi connectivity index (χ3v) is 7.85. The first-order chi connectivity index (χ1) is 23.6. The second-order valence-corrected chi connectivity index (χ2v) is 12.4. The molecule has 0 radical (unpaired) electrons. The molecular weight excluding hydrogens is 654 g/mol. The van der Waals surface area contributed by atoms with Gasteiger partial charge in [-0.3, -0.25) is 43.3 Å². The van der Waals surface area contributed by atoms with Gasteiger partial charge in [-0.25, -0.2) is 0 Å². The Morgan fingerprint density at radius 3 is 1.76 bits per heavy atom. The number of Topliss-reactive ketones (excluding diaryl/α,β-unsaturated/α-hetero) is 1. The predicted octanol–water partition coefficient (Wildman–Crippen LogP) is -3.77. The Hall–Kier alpha value is -4.81. The van der Waals surface area contributed by atoms with Gasteiger partial charge in [0, 0.05) is 20.0 Å². The normalized spacial score (nSPS) is 15.6. The topological polar surface area (TPSA) is 302 Å². The zero-order valence-corrected chi connectivity index (χ0v) is 29.5. The minimum Gasteiger partial charge on any atom is -0.370 e. The van der Waals surface area contributed by atoms with Gasteiger partial charge < -0.3 is 54.0 Å². The zero-order chi connectivity index (χ0) is 37.8. The number of carbonyl (C=O) groups is 8. The molecule has 0 aromatic carbocycles. The van der Waals surface area contributed by atoms with Gasteiger partial charge in [-0.1, -0.05) is 13.8 Å². The van der Waals surface area contributed by atoms with Crippen LogP contribution in [0.4, 0.5) is 0 Å². The SMILES string of the molecule is CC(=O)C(NC(=O)CNC(=O)C(CCCN=C(N)N)NC(=O)CNC(=O)C(CCCCN)NC(=O)CNC(=O)C1CCCN1C(C)=O)C(C)C. The standard InChI is InChI=1S/C31H55N11O8/c1-18(2)27(19(3)43)41-26(47)17-37-29(49)22(10-7-13-35-31(33)34)40-24(45)15-36-28(48)21(9-5-6-12-32)39-25(46)16-38-30(50)23-11-8-14-42(23)20(4)44/h18,21-23,27H,5-17,32H2,1-4H3,(H,36,48)(H,37,49)(H,38,50)(H,39,46)(H,40,45)(H,41,47)(H4,33,34,35). The number of nitrogens with one attached hydrogen (secondary N) is 6. The fourth-order valence-corrected chi connectivity index (χ4v) is 5.27.